The van der Waals surface area contributed by atoms with Crippen LogP contribution in [0.2, 0.25) is 0 Å². The third kappa shape index (κ3) is 2.91. The van der Waals surface area contributed by atoms with Crippen LogP contribution in [-0.2, 0) is 0 Å². The molecule has 2 aliphatic rings. The van der Waals surface area contributed by atoms with Gasteiger partial charge in [-0.1, -0.05) is 0 Å². The predicted octanol–water partition coefficient (Wildman–Crippen LogP) is 2.48. The summed E-state index contributed by atoms with van der Waals surface area (Å²) in [6, 6.07) is 5.91. The van der Waals surface area contributed by atoms with Crippen LogP contribution in [-0.4, -0.2) is 38.1 Å². The lowest BCUT2D eigenvalue weighted by atomic mass is 9.89. The van der Waals surface area contributed by atoms with E-state index in [1.54, 1.807) is 0 Å². The Kier molecular flexibility index (Phi) is 4.15. The molecule has 4 nitrogen and oxygen atoms in total. The Labute approximate surface area is 126 Å². The van der Waals surface area contributed by atoms with Crippen molar-refractivity contribution in [3.63, 3.8) is 0 Å². The summed E-state index contributed by atoms with van der Waals surface area (Å²) in [5, 5.41) is 3.31. The number of nitrogens with one attached hydrogen (secondary N) is 1. The quantitative estimate of drug-likeness (QED) is 0.868. The van der Waals surface area contributed by atoms with Crippen molar-refractivity contribution in [1.29, 1.82) is 0 Å². The summed E-state index contributed by atoms with van der Waals surface area (Å²) in [7, 11) is 0. The Hall–Kier alpha value is -1.55. The molecule has 1 aromatic carbocycles. The van der Waals surface area contributed by atoms with E-state index in [1.807, 2.05) is 18.2 Å². The van der Waals surface area contributed by atoms with Crippen molar-refractivity contribution in [2.75, 3.05) is 31.1 Å². The molecule has 0 amide bonds. The maximum Gasteiger partial charge on any atom is 0.166 e. The summed E-state index contributed by atoms with van der Waals surface area (Å²) in [4.78, 5) is 15.0. The number of carbonyl (C=O) groups is 1. The highest BCUT2D eigenvalue weighted by molar-refractivity contribution is 5.99. The molecule has 0 aromatic heterocycles. The van der Waals surface area contributed by atoms with Crippen LogP contribution >= 0.6 is 0 Å². The number of ketones is 1. The summed E-state index contributed by atoms with van der Waals surface area (Å²) in [5.41, 5.74) is 1.90. The SMILES string of the molecule is CCN1CC(C)Oc2ccc(C(=O)C3CCNCC3)cc21. The number of fused-ring (bicyclic) bond motifs is 1. The zero-order valence-electron chi connectivity index (χ0n) is 12.9. The zero-order chi connectivity index (χ0) is 14.8. The number of hydrogen-bond acceptors (Lipinski definition) is 4. The van der Waals surface area contributed by atoms with Crippen LogP contribution in [0.4, 0.5) is 5.69 Å². The fourth-order valence-corrected chi connectivity index (χ4v) is 3.30. The molecule has 3 rings (SSSR count). The minimum atomic E-state index is 0.169. The van der Waals surface area contributed by atoms with Crippen LogP contribution in [0.5, 0.6) is 5.75 Å². The molecule has 1 fully saturated rings. The summed E-state index contributed by atoms with van der Waals surface area (Å²) < 4.78 is 5.88. The summed E-state index contributed by atoms with van der Waals surface area (Å²) in [5.74, 6) is 1.36. The van der Waals surface area contributed by atoms with Gasteiger partial charge in [0.25, 0.3) is 0 Å². The van der Waals surface area contributed by atoms with E-state index in [0.29, 0.717) is 0 Å². The van der Waals surface area contributed by atoms with Crippen LogP contribution in [0, 0.1) is 5.92 Å². The van der Waals surface area contributed by atoms with Crippen molar-refractivity contribution < 1.29 is 9.53 Å². The van der Waals surface area contributed by atoms with Crippen molar-refractivity contribution in [3.05, 3.63) is 23.8 Å². The number of ether oxygens (including phenoxy) is 1. The molecule has 0 radical (unpaired) electrons. The summed E-state index contributed by atoms with van der Waals surface area (Å²) in [6.45, 7) is 7.94. The summed E-state index contributed by atoms with van der Waals surface area (Å²) >= 11 is 0. The van der Waals surface area contributed by atoms with Crippen LogP contribution in [0.3, 0.4) is 0 Å². The van der Waals surface area contributed by atoms with Gasteiger partial charge in [0.05, 0.1) is 12.2 Å². The second-order valence-corrected chi connectivity index (χ2v) is 6.04. The first-order chi connectivity index (χ1) is 10.2. The number of likely N-dealkylation sites (N-methyl/N-ethyl adjacent to an activating group) is 1. The maximum atomic E-state index is 12.7. The van der Waals surface area contributed by atoms with E-state index >= 15 is 0 Å². The van der Waals surface area contributed by atoms with Crippen LogP contribution < -0.4 is 15.0 Å². The topological polar surface area (TPSA) is 41.6 Å². The minimum Gasteiger partial charge on any atom is -0.487 e. The summed E-state index contributed by atoms with van der Waals surface area (Å²) in [6.07, 6.45) is 2.09. The minimum absolute atomic E-state index is 0.169. The van der Waals surface area contributed by atoms with Crippen molar-refractivity contribution in [2.24, 2.45) is 5.92 Å². The highest BCUT2D eigenvalue weighted by atomic mass is 16.5. The van der Waals surface area contributed by atoms with E-state index in [1.165, 1.54) is 0 Å². The van der Waals surface area contributed by atoms with Gasteiger partial charge in [0, 0.05) is 18.0 Å². The highest BCUT2D eigenvalue weighted by Crippen LogP contribution is 2.35. The number of piperidine rings is 1. The first-order valence-electron chi connectivity index (χ1n) is 7.99. The van der Waals surface area contributed by atoms with Crippen molar-refractivity contribution in [2.45, 2.75) is 32.8 Å². The molecule has 0 spiro atoms. The first kappa shape index (κ1) is 14.4. The lowest BCUT2D eigenvalue weighted by Crippen LogP contribution is -2.38. The molecule has 4 heteroatoms. The van der Waals surface area contributed by atoms with E-state index in [9.17, 15) is 4.79 Å². The molecular formula is C17H24N2O2. The van der Waals surface area contributed by atoms with Crippen LogP contribution in [0.15, 0.2) is 18.2 Å². The molecule has 114 valence electrons. The number of nitrogens with zero attached hydrogens (tertiary/aromatic N) is 1. The Balaban J connectivity index is 1.86. The van der Waals surface area contributed by atoms with Crippen molar-refractivity contribution in [1.82, 2.24) is 5.32 Å². The lowest BCUT2D eigenvalue weighted by molar-refractivity contribution is 0.0895. The monoisotopic (exact) mass is 288 g/mol. The van der Waals surface area contributed by atoms with Crippen LogP contribution in [0.25, 0.3) is 0 Å². The highest BCUT2D eigenvalue weighted by Gasteiger charge is 2.26. The number of carbonyl (C=O) groups excluding carboxylic acids is 1. The third-order valence-corrected chi connectivity index (χ3v) is 4.48. The van der Waals surface area contributed by atoms with E-state index in [4.69, 9.17) is 4.74 Å². The van der Waals surface area contributed by atoms with Crippen molar-refractivity contribution in [3.8, 4) is 5.75 Å². The number of hydrogen-bond donors (Lipinski definition) is 1. The lowest BCUT2D eigenvalue weighted by Gasteiger charge is -2.34. The molecule has 1 atom stereocenters. The second kappa shape index (κ2) is 6.06. The van der Waals surface area contributed by atoms with Gasteiger partial charge in [-0.3, -0.25) is 4.79 Å². The number of benzene rings is 1. The fraction of sp³-hybridized carbons (Fsp3) is 0.588. The Morgan fingerprint density at radius 2 is 2.14 bits per heavy atom. The van der Waals surface area contributed by atoms with Gasteiger partial charge >= 0.3 is 0 Å². The molecule has 1 saturated heterocycles. The van der Waals surface area contributed by atoms with Gasteiger partial charge in [0.15, 0.2) is 5.78 Å². The molecule has 1 N–H and O–H groups in total. The van der Waals surface area contributed by atoms with E-state index in [0.717, 1.165) is 56.0 Å². The Bertz CT molecular complexity index is 524. The zero-order valence-corrected chi connectivity index (χ0v) is 12.9. The van der Waals surface area contributed by atoms with Gasteiger partial charge in [-0.2, -0.15) is 0 Å². The molecule has 0 bridgehead atoms. The molecule has 1 aromatic rings. The molecular weight excluding hydrogens is 264 g/mol. The first-order valence-corrected chi connectivity index (χ1v) is 7.99. The smallest absolute Gasteiger partial charge is 0.166 e. The largest absolute Gasteiger partial charge is 0.487 e. The van der Waals surface area contributed by atoms with E-state index in [-0.39, 0.29) is 17.8 Å². The average molecular weight is 288 g/mol. The number of anilines is 1. The van der Waals surface area contributed by atoms with Gasteiger partial charge in [-0.15, -0.1) is 0 Å². The number of rotatable bonds is 3. The van der Waals surface area contributed by atoms with Gasteiger partial charge in [0.2, 0.25) is 0 Å². The second-order valence-electron chi connectivity index (χ2n) is 6.04. The molecule has 2 aliphatic heterocycles. The Morgan fingerprint density at radius 3 is 2.86 bits per heavy atom. The molecule has 2 heterocycles. The molecule has 0 saturated carbocycles. The normalized spacial score (nSPS) is 22.6. The maximum absolute atomic E-state index is 12.7. The molecule has 0 aliphatic carbocycles. The van der Waals surface area contributed by atoms with Crippen molar-refractivity contribution >= 4 is 11.5 Å². The van der Waals surface area contributed by atoms with E-state index < -0.39 is 0 Å². The predicted molar refractivity (Wildman–Crippen MR) is 84.3 cm³/mol. The van der Waals surface area contributed by atoms with E-state index in [2.05, 4.69) is 24.1 Å². The fourth-order valence-electron chi connectivity index (χ4n) is 3.30. The standard InChI is InChI=1S/C17H24N2O2/c1-3-19-11-12(2)21-16-5-4-14(10-15(16)19)17(20)13-6-8-18-9-7-13/h4-5,10,12-13,18H,3,6-9,11H2,1-2H3. The molecule has 21 heavy (non-hydrogen) atoms. The average Bonchev–Trinajstić information content (AvgIpc) is 2.53. The number of Topliss-reactive ketones (excluding diaryl/α,β-unsaturated/α-hetero) is 1. The van der Waals surface area contributed by atoms with Crippen LogP contribution in [0.1, 0.15) is 37.0 Å². The Morgan fingerprint density at radius 1 is 1.38 bits per heavy atom. The van der Waals surface area contributed by atoms with Gasteiger partial charge < -0.3 is 15.0 Å². The van der Waals surface area contributed by atoms with Gasteiger partial charge in [0.1, 0.15) is 11.9 Å². The van der Waals surface area contributed by atoms with Gasteiger partial charge in [-0.05, 0) is 58.0 Å². The third-order valence-electron chi connectivity index (χ3n) is 4.48. The molecule has 1 unspecified atom stereocenters. The van der Waals surface area contributed by atoms with Gasteiger partial charge in [-0.25, -0.2) is 0 Å².